The molecule has 4 unspecified atom stereocenters. The number of aliphatic hydroxyl groups excluding tert-OH is 2. The van der Waals surface area contributed by atoms with E-state index in [1.807, 2.05) is 174 Å². The van der Waals surface area contributed by atoms with Gasteiger partial charge in [-0.1, -0.05) is 91.0 Å². The van der Waals surface area contributed by atoms with Crippen LogP contribution in [0, 0.1) is 0 Å². The second kappa shape index (κ2) is 53.5. The lowest BCUT2D eigenvalue weighted by atomic mass is 10.0. The Hall–Kier alpha value is -3.64. The van der Waals surface area contributed by atoms with Gasteiger partial charge in [0.2, 0.25) is 29.5 Å². The van der Waals surface area contributed by atoms with E-state index in [4.69, 9.17) is 123 Å². The van der Waals surface area contributed by atoms with Crippen LogP contribution < -0.4 is 0 Å². The minimum atomic E-state index is -4.64. The minimum Gasteiger partial charge on any atom is -0.386 e. The molecule has 3 aromatic carbocycles. The smallest absolute Gasteiger partial charge is 0.348 e. The standard InChI is InChI=1S/C17H25O6P.C17H25O5P.C16H23O6P.C11H21O6P.C11H21O5P.C10H19O6P/c1-12(2)22-16-14(9-10-24(19,20)11-18)23-15(17(16)21-3)13-7-5-4-6-8-13;1-12(2)21-16-14(10-11-23(4,18)19)22-15(17(16)20-3)13-8-6-5-7-9-13;1-11(2)21-15-13(9-10-23(17,18)19)22-14(16(15)20-3)12-7-5-4-6-8-12;1-8(2)17-11-9(16-6-10(11)15-3)4-5-18(13,14)7-12;1-8(2)16-11-9(5-6-17(4,12)13)15-7-10(11)14-3;1-7(2)16-10-8(4-5-17(11,12)13)15-6-9(10)14-3/h4-10,12,14-18H,11H2,1-3H3,(H,19,20);5-12,14-17H,1-4H3,(H,18,19);4-11,13-16H,1-3H3,(H2,17,18,19);4-5,8-12H,6-7H2,1-3H3,(H,13,14);5-6,8-11H,7H2,1-4H3,(H,12,13);4-5,7-10H,6H2,1-3H3,(H2,11,12,13)/b10-9+;11-10+;10-9+;5-4+;6-5+;5-4+/t2*14-,15+,16-,17+;13-,14+,15-,16+;2*9-,10+,11-;8-,9+,10-/m111111/s1/i10D;11D;10D;5D;6D;5D. The Bertz CT molecular complexity index is 4130. The topological polar surface area (TPSA) is 471 Å². The molecule has 6 heterocycles. The molecule has 34 nitrogen and oxygen atoms in total. The van der Waals surface area contributed by atoms with Crippen molar-refractivity contribution in [3.63, 3.8) is 0 Å². The summed E-state index contributed by atoms with van der Waals surface area (Å²) in [5.41, 5.74) is 2.71. The molecule has 6 saturated heterocycles. The van der Waals surface area contributed by atoms with Crippen molar-refractivity contribution in [3.8, 4) is 0 Å². The molecule has 9 rings (SSSR count). The summed E-state index contributed by atoms with van der Waals surface area (Å²) >= 11 is 0. The largest absolute Gasteiger partial charge is 0.386 e. The Balaban J connectivity index is 0.000000324. The van der Waals surface area contributed by atoms with Crippen molar-refractivity contribution in [2.75, 3.05) is 88.5 Å². The number of methoxy groups -OCH3 is 6. The van der Waals surface area contributed by atoms with E-state index < -0.39 is 172 Å². The van der Waals surface area contributed by atoms with E-state index in [1.54, 1.807) is 21.3 Å². The van der Waals surface area contributed by atoms with Gasteiger partial charge in [0.05, 0.1) is 64.7 Å². The van der Waals surface area contributed by atoms with Crippen LogP contribution in [0.2, 0.25) is 0 Å². The number of benzene rings is 3. The summed E-state index contributed by atoms with van der Waals surface area (Å²) in [6.45, 7) is 25.6. The van der Waals surface area contributed by atoms with Crippen molar-refractivity contribution in [2.24, 2.45) is 0 Å². The Labute approximate surface area is 727 Å². The van der Waals surface area contributed by atoms with Crippen LogP contribution in [0.5, 0.6) is 0 Å². The number of hydrogen-bond donors (Lipinski definition) is 10. The molecule has 696 valence electrons. The molecule has 6 aliphatic heterocycles. The average Bonchev–Trinajstić information content (AvgIpc) is 1.65. The fraction of sp³-hybridized carbons (Fsp3) is 0.634. The van der Waals surface area contributed by atoms with E-state index in [0.29, 0.717) is 6.61 Å². The van der Waals surface area contributed by atoms with Crippen molar-refractivity contribution >= 4 is 44.7 Å². The predicted molar refractivity (Wildman–Crippen MR) is 460 cm³/mol. The summed E-state index contributed by atoms with van der Waals surface area (Å²) in [5, 5.41) is 17.8. The molecule has 0 bridgehead atoms. The van der Waals surface area contributed by atoms with Gasteiger partial charge in [-0.2, -0.15) is 0 Å². The molecule has 6 fully saturated rings. The fourth-order valence-corrected chi connectivity index (χ4v) is 15.3. The molecule has 122 heavy (non-hydrogen) atoms. The van der Waals surface area contributed by atoms with E-state index in [0.717, 1.165) is 42.2 Å². The van der Waals surface area contributed by atoms with E-state index in [-0.39, 0.29) is 98.0 Å². The summed E-state index contributed by atoms with van der Waals surface area (Å²) in [4.78, 5) is 73.9. The first-order valence-electron chi connectivity index (χ1n) is 42.4. The third kappa shape index (κ3) is 39.8. The van der Waals surface area contributed by atoms with Crippen molar-refractivity contribution < 1.29 is 170 Å². The van der Waals surface area contributed by atoms with Crippen LogP contribution in [0.15, 0.2) is 162 Å². The Morgan fingerprint density at radius 3 is 0.754 bits per heavy atom. The fourth-order valence-electron chi connectivity index (χ4n) is 12.9. The van der Waals surface area contributed by atoms with Crippen LogP contribution in [-0.4, -0.2) is 284 Å². The molecule has 0 saturated carbocycles. The highest BCUT2D eigenvalue weighted by molar-refractivity contribution is 7.61. The van der Waals surface area contributed by atoms with Crippen molar-refractivity contribution in [1.29, 1.82) is 0 Å². The number of aliphatic hydroxyl groups is 2. The third-order valence-corrected chi connectivity index (χ3v) is 22.0. The lowest BCUT2D eigenvalue weighted by Gasteiger charge is -2.24. The predicted octanol–water partition coefficient (Wildman–Crippen LogP) is 12.1. The number of hydrogen-bond acceptors (Lipinski definition) is 26. The van der Waals surface area contributed by atoms with Crippen molar-refractivity contribution in [1.82, 2.24) is 0 Å². The third-order valence-electron chi connectivity index (χ3n) is 17.9. The zero-order valence-electron chi connectivity index (χ0n) is 78.7. The summed E-state index contributed by atoms with van der Waals surface area (Å²) < 4.78 is 215. The average molecular weight is 1860 g/mol. The molecule has 25 atom stereocenters. The lowest BCUT2D eigenvalue weighted by Crippen LogP contribution is -2.36. The molecule has 0 radical (unpaired) electrons. The van der Waals surface area contributed by atoms with Gasteiger partial charge >= 0.3 is 15.2 Å². The van der Waals surface area contributed by atoms with Crippen molar-refractivity contribution in [2.45, 2.75) is 248 Å². The second-order valence-corrected chi connectivity index (χ2v) is 40.9. The van der Waals surface area contributed by atoms with Crippen molar-refractivity contribution in [3.05, 3.63) is 179 Å². The van der Waals surface area contributed by atoms with E-state index in [1.165, 1.54) is 45.6 Å². The first kappa shape index (κ1) is 101. The highest BCUT2D eigenvalue weighted by atomic mass is 31.2. The van der Waals surface area contributed by atoms with Crippen LogP contribution in [-0.2, 0) is 113 Å². The van der Waals surface area contributed by atoms with Gasteiger partial charge in [-0.25, -0.2) is 0 Å². The normalized spacial score (nSPS) is 32.0. The monoisotopic (exact) mass is 1850 g/mol. The van der Waals surface area contributed by atoms with Gasteiger partial charge in [0, 0.05) is 79.2 Å². The Morgan fingerprint density at radius 1 is 0.328 bits per heavy atom. The SMILES string of the molecule is [2H]/C(=C\[C@H]1OC[C@H](OC)[C@@H]1OC(C)C)P(=O)(O)CO.[2H]/C(=C\[C@H]1OC[C@H](OC)[C@@H]1OC(C)C)P(=O)(O)O.[2H]/C(=C\[C@H]1OC[C@H](OC)[C@@H]1OC(C)C)P(C)(=O)O.[2H]/C(=C\[C@H]1O[C@@H](c2ccccc2)[C@H](OC)[C@@H]1OC(C)C)P(=O)(O)CO.[2H]/C(=C\[C@H]1O[C@@H](c2ccccc2)[C@H](OC)[C@@H]1OC(C)C)P(=O)(O)O.[2H]/C(=C\[C@H]1O[C@@H](c2ccccc2)[C@H](OC)[C@@H]1OC(C)C)P(C)(=O)O. The van der Waals surface area contributed by atoms with E-state index >= 15 is 0 Å². The van der Waals surface area contributed by atoms with Crippen LogP contribution in [0.4, 0.5) is 0 Å². The maximum Gasteiger partial charge on any atom is 0.348 e. The van der Waals surface area contributed by atoms with Crippen LogP contribution in [0.3, 0.4) is 0 Å². The zero-order valence-corrected chi connectivity index (χ0v) is 78.1. The maximum absolute atomic E-state index is 11.8. The first-order chi connectivity index (χ1) is 59.6. The van der Waals surface area contributed by atoms with Gasteiger partial charge in [0.15, 0.2) is 0 Å². The molecular weight excluding hydrogens is 1710 g/mol. The molecular formula is C82H134O34P6. The molecule has 10 N–H and O–H groups in total. The second-order valence-electron chi connectivity index (χ2n) is 30.3. The van der Waals surface area contributed by atoms with Gasteiger partial charge in [-0.3, -0.25) is 27.4 Å². The lowest BCUT2D eigenvalue weighted by molar-refractivity contribution is -0.0694. The maximum atomic E-state index is 11.8. The minimum absolute atomic E-state index is 0.0120. The van der Waals surface area contributed by atoms with Gasteiger partial charge in [-0.05, 0) is 148 Å². The molecule has 3 aromatic rings. The quantitative estimate of drug-likeness (QED) is 0.0245. The van der Waals surface area contributed by atoms with Gasteiger partial charge in [0.25, 0.3) is 0 Å². The van der Waals surface area contributed by atoms with Crippen LogP contribution in [0.1, 0.15) is 126 Å². The molecule has 6 aliphatic rings. The molecule has 0 amide bonds. The Morgan fingerprint density at radius 2 is 0.541 bits per heavy atom. The highest BCUT2D eigenvalue weighted by Gasteiger charge is 2.50. The van der Waals surface area contributed by atoms with Gasteiger partial charge in [-0.15, -0.1) is 0 Å². The summed E-state index contributed by atoms with van der Waals surface area (Å²) in [6, 6.07) is 28.5. The van der Waals surface area contributed by atoms with Gasteiger partial charge < -0.3 is 135 Å². The zero-order chi connectivity index (χ0) is 96.9. The first-order valence-corrected chi connectivity index (χ1v) is 50.5. The molecule has 0 aromatic heterocycles. The highest BCUT2D eigenvalue weighted by Crippen LogP contribution is 2.47. The van der Waals surface area contributed by atoms with Gasteiger partial charge in [0.1, 0.15) is 141 Å². The summed E-state index contributed by atoms with van der Waals surface area (Å²) in [6.07, 6.45) is -5.27. The van der Waals surface area contributed by atoms with Crippen LogP contribution in [0.25, 0.3) is 0 Å². The summed E-state index contributed by atoms with van der Waals surface area (Å²) in [5.74, 6) is -3.29. The number of ether oxygens (including phenoxy) is 18. The van der Waals surface area contributed by atoms with E-state index in [2.05, 4.69) is 0 Å². The molecule has 40 heteroatoms. The number of rotatable bonds is 35. The van der Waals surface area contributed by atoms with Crippen LogP contribution >= 0.6 is 44.7 Å². The summed E-state index contributed by atoms with van der Waals surface area (Å²) in [7, 11) is -15.2. The van der Waals surface area contributed by atoms with E-state index in [9.17, 15) is 47.0 Å². The Kier molecular flexibility index (Phi) is 44.1. The molecule has 0 spiro atoms. The molecule has 0 aliphatic carbocycles.